The van der Waals surface area contributed by atoms with Crippen LogP contribution in [0.25, 0.3) is 177 Å². The molecule has 11 aromatic carbocycles. The molecule has 93 heavy (non-hydrogen) atoms. The lowest BCUT2D eigenvalue weighted by Gasteiger charge is -2.16. The lowest BCUT2D eigenvalue weighted by Crippen LogP contribution is -1.95. The molecule has 6 heterocycles. The van der Waals surface area contributed by atoms with E-state index in [2.05, 4.69) is 318 Å². The van der Waals surface area contributed by atoms with E-state index in [4.69, 9.17) is 29.9 Å². The maximum atomic E-state index is 5.60. The van der Waals surface area contributed by atoms with Gasteiger partial charge in [0.05, 0.1) is 67.3 Å². The van der Waals surface area contributed by atoms with Crippen molar-refractivity contribution < 1.29 is 0 Å². The van der Waals surface area contributed by atoms with Crippen molar-refractivity contribution in [1.82, 2.24) is 29.9 Å². The van der Waals surface area contributed by atoms with Crippen LogP contribution < -0.4 is 0 Å². The molecule has 0 aliphatic carbocycles. The van der Waals surface area contributed by atoms with Crippen LogP contribution in [0.15, 0.2) is 297 Å². The van der Waals surface area contributed by atoms with E-state index in [9.17, 15) is 0 Å². The third-order valence-electron chi connectivity index (χ3n) is 18.3. The van der Waals surface area contributed by atoms with Gasteiger partial charge >= 0.3 is 0 Å². The highest BCUT2D eigenvalue weighted by Crippen LogP contribution is 2.42. The van der Waals surface area contributed by atoms with Gasteiger partial charge in [-0.25, -0.2) is 29.9 Å². The minimum atomic E-state index is 0.846. The molecule has 6 nitrogen and oxygen atoms in total. The SMILES string of the molecule is Cc1cc(-c2cc(-c3cc(C)c4ccccc4n3)cc(-c3cc(C)c4cc(-c5ccc6nc(-c7cc(-c8cc(-c9ccccc9)c9ccccc9n8)cc(-c8cc(-c9ccccc9)c9ccccc9n8)c7)cc(-c7ccccc7)c6c5)ccc4n3)c2)nc2ccccc12. The van der Waals surface area contributed by atoms with Gasteiger partial charge in [0, 0.05) is 65.7 Å². The van der Waals surface area contributed by atoms with Crippen molar-refractivity contribution >= 4 is 65.4 Å². The van der Waals surface area contributed by atoms with E-state index in [-0.39, 0.29) is 0 Å². The maximum Gasteiger partial charge on any atom is 0.0716 e. The van der Waals surface area contributed by atoms with Gasteiger partial charge in [-0.1, -0.05) is 176 Å². The van der Waals surface area contributed by atoms with Crippen LogP contribution in [-0.2, 0) is 0 Å². The quantitative estimate of drug-likeness (QED) is 0.136. The predicted molar refractivity (Wildman–Crippen MR) is 387 cm³/mol. The number of aromatic nitrogens is 6. The number of hydrogen-bond acceptors (Lipinski definition) is 6. The molecule has 6 heteroatoms. The van der Waals surface area contributed by atoms with Crippen LogP contribution in [0.5, 0.6) is 0 Å². The third-order valence-corrected chi connectivity index (χ3v) is 18.3. The fourth-order valence-electron chi connectivity index (χ4n) is 13.6. The van der Waals surface area contributed by atoms with Gasteiger partial charge < -0.3 is 0 Å². The first-order valence-electron chi connectivity index (χ1n) is 31.6. The fourth-order valence-corrected chi connectivity index (χ4v) is 13.6. The second-order valence-electron chi connectivity index (χ2n) is 24.4. The van der Waals surface area contributed by atoms with Crippen LogP contribution in [0.1, 0.15) is 16.7 Å². The molecule has 0 bridgehead atoms. The maximum absolute atomic E-state index is 5.60. The number of pyridine rings is 6. The molecule has 6 aromatic heterocycles. The van der Waals surface area contributed by atoms with Crippen molar-refractivity contribution in [1.29, 1.82) is 0 Å². The number of rotatable bonds is 10. The Morgan fingerprint density at radius 1 is 0.161 bits per heavy atom. The van der Waals surface area contributed by atoms with E-state index < -0.39 is 0 Å². The molecule has 0 saturated carbocycles. The van der Waals surface area contributed by atoms with Gasteiger partial charge in [0.2, 0.25) is 0 Å². The molecule has 0 fully saturated rings. The average Bonchev–Trinajstić information content (AvgIpc) is 2.39. The van der Waals surface area contributed by atoms with Crippen LogP contribution in [0, 0.1) is 20.8 Å². The van der Waals surface area contributed by atoms with Gasteiger partial charge in [0.1, 0.15) is 0 Å². The summed E-state index contributed by atoms with van der Waals surface area (Å²) in [6.45, 7) is 6.52. The Bertz CT molecular complexity index is 5600. The van der Waals surface area contributed by atoms with Gasteiger partial charge in [-0.3, -0.25) is 0 Å². The normalized spacial score (nSPS) is 11.6. The third kappa shape index (κ3) is 10.2. The Morgan fingerprint density at radius 3 is 0.763 bits per heavy atom. The van der Waals surface area contributed by atoms with Crippen molar-refractivity contribution in [2.24, 2.45) is 0 Å². The molecular formula is C87H58N6. The Kier molecular flexibility index (Phi) is 13.4. The minimum absolute atomic E-state index is 0.846. The molecule has 0 N–H and O–H groups in total. The summed E-state index contributed by atoms with van der Waals surface area (Å²) in [6, 6.07) is 106. The van der Waals surface area contributed by atoms with Gasteiger partial charge in [-0.15, -0.1) is 0 Å². The second-order valence-corrected chi connectivity index (χ2v) is 24.4. The van der Waals surface area contributed by atoms with E-state index in [0.29, 0.717) is 0 Å². The zero-order valence-corrected chi connectivity index (χ0v) is 51.5. The first-order chi connectivity index (χ1) is 45.7. The number of para-hydroxylation sites is 4. The molecule has 0 spiro atoms. The minimum Gasteiger partial charge on any atom is -0.248 e. The van der Waals surface area contributed by atoms with Crippen molar-refractivity contribution in [3.63, 3.8) is 0 Å². The highest BCUT2D eigenvalue weighted by molar-refractivity contribution is 6.03. The van der Waals surface area contributed by atoms with Crippen LogP contribution in [0.3, 0.4) is 0 Å². The fraction of sp³-hybridized carbons (Fsp3) is 0.0345. The lowest BCUT2D eigenvalue weighted by atomic mass is 9.92. The first-order valence-corrected chi connectivity index (χ1v) is 31.6. The number of aryl methyl sites for hydroxylation is 3. The smallest absolute Gasteiger partial charge is 0.0716 e. The number of fused-ring (bicyclic) bond motifs is 6. The van der Waals surface area contributed by atoms with Crippen molar-refractivity contribution in [3.8, 4) is 112 Å². The Hall–Kier alpha value is -12.1. The predicted octanol–water partition coefficient (Wildman–Crippen LogP) is 22.6. The first kappa shape index (κ1) is 55.0. The van der Waals surface area contributed by atoms with Gasteiger partial charge in [-0.05, 0) is 203 Å². The molecule has 0 saturated heterocycles. The lowest BCUT2D eigenvalue weighted by molar-refractivity contribution is 1.33. The molecule has 0 amide bonds. The Morgan fingerprint density at radius 2 is 0.409 bits per heavy atom. The summed E-state index contributed by atoms with van der Waals surface area (Å²) in [5, 5.41) is 6.65. The topological polar surface area (TPSA) is 77.3 Å². The zero-order chi connectivity index (χ0) is 62.1. The standard InChI is InChI=1S/C87H58N6/c1-53-39-82(88-76-31-17-13-27-67(53)76)61-42-62(83-40-54(2)68-28-14-18-32-77(68)89-83)44-63(43-61)84-41-55(3)71-48-59(35-37-80(71)92-84)60-36-38-81-75(49-60)74(58-25-11-6-12-26-58)52-87(93-81)66-46-64(85-50-72(56-21-7-4-8-22-56)69-29-15-19-33-78(69)90-85)45-65(47-66)86-51-73(57-23-9-5-10-24-57)70-30-16-20-34-79(70)91-86/h4-52H,1-3H3. The average molecular weight is 1190 g/mol. The summed E-state index contributed by atoms with van der Waals surface area (Å²) in [6.07, 6.45) is 0. The summed E-state index contributed by atoms with van der Waals surface area (Å²) in [5.41, 5.74) is 29.2. The summed E-state index contributed by atoms with van der Waals surface area (Å²) in [5.74, 6) is 0. The summed E-state index contributed by atoms with van der Waals surface area (Å²) in [4.78, 5) is 32.3. The van der Waals surface area contributed by atoms with Gasteiger partial charge in [0.25, 0.3) is 0 Å². The summed E-state index contributed by atoms with van der Waals surface area (Å²) in [7, 11) is 0. The number of nitrogens with zero attached hydrogens (tertiary/aromatic N) is 6. The molecule has 0 atom stereocenters. The zero-order valence-electron chi connectivity index (χ0n) is 51.5. The van der Waals surface area contributed by atoms with Gasteiger partial charge in [-0.2, -0.15) is 0 Å². The Balaban J connectivity index is 0.794. The van der Waals surface area contributed by atoms with Crippen LogP contribution >= 0.6 is 0 Å². The molecule has 17 rings (SSSR count). The Labute approximate surface area is 539 Å². The van der Waals surface area contributed by atoms with Crippen LogP contribution in [0.4, 0.5) is 0 Å². The summed E-state index contributed by atoms with van der Waals surface area (Å²) < 4.78 is 0. The molecular weight excluding hydrogens is 1130 g/mol. The van der Waals surface area contributed by atoms with E-state index in [1.807, 2.05) is 0 Å². The molecule has 0 aliphatic heterocycles. The second kappa shape index (κ2) is 22.7. The monoisotopic (exact) mass is 1190 g/mol. The van der Waals surface area contributed by atoms with Crippen molar-refractivity contribution in [3.05, 3.63) is 314 Å². The molecule has 17 aromatic rings. The van der Waals surface area contributed by atoms with Crippen LogP contribution in [0.2, 0.25) is 0 Å². The molecule has 436 valence electrons. The number of hydrogen-bond donors (Lipinski definition) is 0. The van der Waals surface area contributed by atoms with E-state index in [0.717, 1.165) is 183 Å². The van der Waals surface area contributed by atoms with E-state index >= 15 is 0 Å². The highest BCUT2D eigenvalue weighted by atomic mass is 14.7. The summed E-state index contributed by atoms with van der Waals surface area (Å²) >= 11 is 0. The van der Waals surface area contributed by atoms with Crippen LogP contribution in [-0.4, -0.2) is 29.9 Å². The number of benzene rings is 11. The molecule has 0 aliphatic rings. The molecule has 0 radical (unpaired) electrons. The highest BCUT2D eigenvalue weighted by Gasteiger charge is 2.20. The van der Waals surface area contributed by atoms with E-state index in [1.54, 1.807) is 0 Å². The van der Waals surface area contributed by atoms with Crippen molar-refractivity contribution in [2.45, 2.75) is 20.8 Å². The van der Waals surface area contributed by atoms with Gasteiger partial charge in [0.15, 0.2) is 0 Å². The largest absolute Gasteiger partial charge is 0.248 e. The molecule has 0 unspecified atom stereocenters. The van der Waals surface area contributed by atoms with Crippen molar-refractivity contribution in [2.75, 3.05) is 0 Å². The van der Waals surface area contributed by atoms with E-state index in [1.165, 1.54) is 11.1 Å².